The van der Waals surface area contributed by atoms with E-state index in [9.17, 15) is 0 Å². The number of nitrogens with one attached hydrogen (secondary N) is 1. The van der Waals surface area contributed by atoms with E-state index in [4.69, 9.17) is 4.98 Å². The third-order valence-electron chi connectivity index (χ3n) is 2.70. The first-order chi connectivity index (χ1) is 6.90. The van der Waals surface area contributed by atoms with Gasteiger partial charge in [-0.05, 0) is 19.9 Å². The van der Waals surface area contributed by atoms with Crippen molar-refractivity contribution in [3.8, 4) is 0 Å². The van der Waals surface area contributed by atoms with Gasteiger partial charge >= 0.3 is 0 Å². The molecular weight excluding hydrogens is 194 g/mol. The first-order valence-corrected chi connectivity index (χ1v) is 5.87. The van der Waals surface area contributed by atoms with Crippen molar-refractivity contribution in [1.82, 2.24) is 14.7 Å². The first-order valence-electron chi connectivity index (χ1n) is 4.99. The van der Waals surface area contributed by atoms with E-state index in [1.54, 1.807) is 11.3 Å². The van der Waals surface area contributed by atoms with Crippen LogP contribution in [0.25, 0.3) is 4.96 Å². The molecule has 1 N–H and O–H groups in total. The molecule has 0 spiro atoms. The number of imidazole rings is 1. The van der Waals surface area contributed by atoms with Crippen LogP contribution in [0, 0.1) is 0 Å². The van der Waals surface area contributed by atoms with Crippen LogP contribution in [0.2, 0.25) is 0 Å². The van der Waals surface area contributed by atoms with Gasteiger partial charge in [0.15, 0.2) is 4.96 Å². The van der Waals surface area contributed by atoms with Crippen molar-refractivity contribution in [2.45, 2.75) is 25.3 Å². The van der Waals surface area contributed by atoms with Gasteiger partial charge in [-0.15, -0.1) is 11.3 Å². The smallest absolute Gasteiger partial charge is 0.194 e. The molecule has 0 unspecified atom stereocenters. The van der Waals surface area contributed by atoms with Crippen LogP contribution in [-0.4, -0.2) is 16.4 Å². The number of aromatic nitrogens is 2. The van der Waals surface area contributed by atoms with Gasteiger partial charge in [0.05, 0.1) is 11.4 Å². The molecule has 4 heteroatoms. The number of hydrogen-bond donors (Lipinski definition) is 1. The lowest BCUT2D eigenvalue weighted by molar-refractivity contribution is 0.768. The van der Waals surface area contributed by atoms with Crippen LogP contribution < -0.4 is 5.32 Å². The van der Waals surface area contributed by atoms with E-state index in [-0.39, 0.29) is 0 Å². The zero-order valence-corrected chi connectivity index (χ0v) is 8.97. The molecule has 0 bridgehead atoms. The van der Waals surface area contributed by atoms with E-state index in [1.807, 2.05) is 7.05 Å². The summed E-state index contributed by atoms with van der Waals surface area (Å²) in [4.78, 5) is 5.83. The molecule has 3 rings (SSSR count). The Balaban J connectivity index is 2.15. The number of nitrogens with zero attached hydrogens (tertiary/aromatic N) is 2. The Morgan fingerprint density at radius 2 is 2.50 bits per heavy atom. The Morgan fingerprint density at radius 3 is 3.21 bits per heavy atom. The minimum atomic E-state index is 0.741. The van der Waals surface area contributed by atoms with Gasteiger partial charge in [0.25, 0.3) is 0 Å². The van der Waals surface area contributed by atoms with E-state index in [2.05, 4.69) is 21.3 Å². The average molecular weight is 207 g/mol. The zero-order chi connectivity index (χ0) is 9.54. The molecule has 14 heavy (non-hydrogen) atoms. The number of thiazole rings is 1. The molecule has 0 aromatic carbocycles. The normalized spacial score (nSPS) is 16.6. The summed E-state index contributed by atoms with van der Waals surface area (Å²) in [6, 6.07) is 0. The summed E-state index contributed by atoms with van der Waals surface area (Å²) in [6.45, 7) is 0.920. The molecule has 1 aliphatic rings. The van der Waals surface area contributed by atoms with Crippen LogP contribution in [-0.2, 0) is 6.54 Å². The summed E-state index contributed by atoms with van der Waals surface area (Å²) in [5.41, 5.74) is 2.68. The SMILES string of the molecule is CNCc1c(C2CC2)nc2sccn12. The Kier molecular flexibility index (Phi) is 1.85. The third kappa shape index (κ3) is 1.18. The zero-order valence-electron chi connectivity index (χ0n) is 8.16. The second-order valence-corrected chi connectivity index (χ2v) is 4.68. The Hall–Kier alpha value is -0.870. The maximum absolute atomic E-state index is 4.69. The topological polar surface area (TPSA) is 29.3 Å². The predicted molar refractivity (Wildman–Crippen MR) is 57.8 cm³/mol. The first kappa shape index (κ1) is 8.44. The maximum atomic E-state index is 4.69. The van der Waals surface area contributed by atoms with E-state index < -0.39 is 0 Å². The van der Waals surface area contributed by atoms with Crippen LogP contribution >= 0.6 is 11.3 Å². The van der Waals surface area contributed by atoms with E-state index in [1.165, 1.54) is 24.2 Å². The highest BCUT2D eigenvalue weighted by Gasteiger charge is 2.29. The quantitative estimate of drug-likeness (QED) is 0.834. The minimum absolute atomic E-state index is 0.741. The van der Waals surface area contributed by atoms with Crippen molar-refractivity contribution < 1.29 is 0 Å². The average Bonchev–Trinajstić information content (AvgIpc) is 2.82. The summed E-state index contributed by atoms with van der Waals surface area (Å²) < 4.78 is 2.22. The van der Waals surface area contributed by atoms with Crippen molar-refractivity contribution in [3.63, 3.8) is 0 Å². The van der Waals surface area contributed by atoms with Crippen molar-refractivity contribution in [2.75, 3.05) is 7.05 Å². The lowest BCUT2D eigenvalue weighted by Gasteiger charge is -2.00. The highest BCUT2D eigenvalue weighted by molar-refractivity contribution is 7.15. The molecular formula is C10H13N3S. The van der Waals surface area contributed by atoms with Gasteiger partial charge in [0.2, 0.25) is 0 Å². The summed E-state index contributed by atoms with van der Waals surface area (Å²) in [5, 5.41) is 5.31. The molecule has 2 aromatic rings. The molecule has 2 aromatic heterocycles. The lowest BCUT2D eigenvalue weighted by Crippen LogP contribution is -2.09. The highest BCUT2D eigenvalue weighted by Crippen LogP contribution is 2.41. The summed E-state index contributed by atoms with van der Waals surface area (Å²) in [5.74, 6) is 0.741. The van der Waals surface area contributed by atoms with Gasteiger partial charge < -0.3 is 5.32 Å². The van der Waals surface area contributed by atoms with Gasteiger partial charge in [0, 0.05) is 24.0 Å². The van der Waals surface area contributed by atoms with Crippen molar-refractivity contribution >= 4 is 16.3 Å². The van der Waals surface area contributed by atoms with Crippen LogP contribution in [0.15, 0.2) is 11.6 Å². The molecule has 74 valence electrons. The van der Waals surface area contributed by atoms with Gasteiger partial charge in [-0.25, -0.2) is 4.98 Å². The van der Waals surface area contributed by atoms with Crippen molar-refractivity contribution in [1.29, 1.82) is 0 Å². The van der Waals surface area contributed by atoms with Crippen molar-refractivity contribution in [3.05, 3.63) is 23.0 Å². The molecule has 1 aliphatic carbocycles. The molecule has 2 heterocycles. The summed E-state index contributed by atoms with van der Waals surface area (Å²) in [7, 11) is 1.99. The fourth-order valence-corrected chi connectivity index (χ4v) is 2.62. The van der Waals surface area contributed by atoms with Crippen LogP contribution in [0.3, 0.4) is 0 Å². The number of fused-ring (bicyclic) bond motifs is 1. The molecule has 0 radical (unpaired) electrons. The van der Waals surface area contributed by atoms with Gasteiger partial charge in [-0.2, -0.15) is 0 Å². The Bertz CT molecular complexity index is 453. The Morgan fingerprint density at radius 1 is 1.64 bits per heavy atom. The number of hydrogen-bond acceptors (Lipinski definition) is 3. The fourth-order valence-electron chi connectivity index (χ4n) is 1.88. The molecule has 0 aliphatic heterocycles. The van der Waals surface area contributed by atoms with Gasteiger partial charge in [-0.1, -0.05) is 0 Å². The largest absolute Gasteiger partial charge is 0.314 e. The number of rotatable bonds is 3. The van der Waals surface area contributed by atoms with Crippen LogP contribution in [0.5, 0.6) is 0 Å². The highest BCUT2D eigenvalue weighted by atomic mass is 32.1. The minimum Gasteiger partial charge on any atom is -0.314 e. The summed E-state index contributed by atoms with van der Waals surface area (Å²) in [6.07, 6.45) is 4.76. The molecule has 1 saturated carbocycles. The maximum Gasteiger partial charge on any atom is 0.194 e. The third-order valence-corrected chi connectivity index (χ3v) is 3.46. The Labute approximate surface area is 86.8 Å². The van der Waals surface area contributed by atoms with Crippen molar-refractivity contribution in [2.24, 2.45) is 0 Å². The van der Waals surface area contributed by atoms with E-state index in [0.717, 1.165) is 17.4 Å². The molecule has 0 amide bonds. The molecule has 0 atom stereocenters. The molecule has 1 fully saturated rings. The fraction of sp³-hybridized carbons (Fsp3) is 0.500. The molecule has 3 nitrogen and oxygen atoms in total. The second kappa shape index (κ2) is 3.07. The standard InChI is InChI=1S/C10H13N3S/c1-11-6-8-9(7-2-3-7)12-10-13(8)4-5-14-10/h4-5,7,11H,2-3,6H2,1H3. The van der Waals surface area contributed by atoms with E-state index >= 15 is 0 Å². The predicted octanol–water partition coefficient (Wildman–Crippen LogP) is 1.99. The van der Waals surface area contributed by atoms with Gasteiger partial charge in [0.1, 0.15) is 0 Å². The second-order valence-electron chi connectivity index (χ2n) is 3.80. The van der Waals surface area contributed by atoms with E-state index in [0.29, 0.717) is 0 Å². The lowest BCUT2D eigenvalue weighted by atomic mass is 10.2. The monoisotopic (exact) mass is 207 g/mol. The van der Waals surface area contributed by atoms with Gasteiger partial charge in [-0.3, -0.25) is 4.40 Å². The summed E-state index contributed by atoms with van der Waals surface area (Å²) >= 11 is 1.72. The van der Waals surface area contributed by atoms with Crippen LogP contribution in [0.1, 0.15) is 30.1 Å². The molecule has 0 saturated heterocycles. The van der Waals surface area contributed by atoms with Crippen LogP contribution in [0.4, 0.5) is 0 Å².